The van der Waals surface area contributed by atoms with E-state index in [1.807, 2.05) is 0 Å². The zero-order valence-electron chi connectivity index (χ0n) is 6.57. The van der Waals surface area contributed by atoms with E-state index < -0.39 is 22.6 Å². The Bertz CT molecular complexity index is 189. The number of hydrogen-bond donors (Lipinski definition) is 1. The smallest absolute Gasteiger partial charge is 0.309 e. The van der Waals surface area contributed by atoms with Crippen LogP contribution in [0.3, 0.4) is 0 Å². The summed E-state index contributed by atoms with van der Waals surface area (Å²) >= 11 is 0. The topological polar surface area (TPSA) is 60.4 Å². The van der Waals surface area contributed by atoms with E-state index in [1.165, 1.54) is 6.92 Å². The Morgan fingerprint density at radius 2 is 2.09 bits per heavy atom. The summed E-state index contributed by atoms with van der Waals surface area (Å²) in [5, 5.41) is 0. The molecule has 11 heavy (non-hydrogen) atoms. The molecule has 0 aliphatic carbocycles. The highest BCUT2D eigenvalue weighted by molar-refractivity contribution is 7.72. The Labute approximate surface area is 67.5 Å². The molecule has 0 heterocycles. The normalized spacial score (nSPS) is 13.0. The highest BCUT2D eigenvalue weighted by Gasteiger charge is 2.14. The van der Waals surface area contributed by atoms with Gasteiger partial charge < -0.3 is 4.74 Å². The van der Waals surface area contributed by atoms with Gasteiger partial charge in [0.25, 0.3) is 0 Å². The Hall–Kier alpha value is -0.580. The minimum atomic E-state index is -2.48. The first kappa shape index (κ1) is 10.4. The first-order valence-electron chi connectivity index (χ1n) is 3.36. The zero-order chi connectivity index (χ0) is 8.85. The van der Waals surface area contributed by atoms with Crippen LogP contribution in [0.25, 0.3) is 0 Å². The van der Waals surface area contributed by atoms with Crippen molar-refractivity contribution in [2.24, 2.45) is 5.92 Å². The summed E-state index contributed by atoms with van der Waals surface area (Å²) in [5.41, 5.74) is 0. The minimum absolute atomic E-state index is 0.131. The van der Waals surface area contributed by atoms with Crippen LogP contribution in [-0.4, -0.2) is 26.7 Å². The number of carbonyl (C=O) groups excluding carboxylic acids is 1. The molecule has 0 aliphatic heterocycles. The number of ether oxygens (including phenoxy) is 1. The van der Waals surface area contributed by atoms with Crippen LogP contribution in [0.1, 0.15) is 13.8 Å². The fourth-order valence-corrected chi connectivity index (χ4v) is 1.18. The number of rotatable bonds is 4. The van der Waals surface area contributed by atoms with E-state index in [4.69, 9.17) is 0 Å². The zero-order valence-corrected chi connectivity index (χ0v) is 7.47. The van der Waals surface area contributed by atoms with Gasteiger partial charge in [0.05, 0.1) is 18.3 Å². The maximum Gasteiger partial charge on any atom is 0.309 e. The van der Waals surface area contributed by atoms with Gasteiger partial charge in [-0.3, -0.25) is 4.79 Å². The quantitative estimate of drug-likeness (QED) is 0.480. The number of carbonyl (C=O) groups is 1. The molecule has 0 saturated carbocycles. The third kappa shape index (κ3) is 4.78. The molecule has 0 spiro atoms. The predicted octanol–water partition coefficient (Wildman–Crippen LogP) is -0.203. The first-order valence-corrected chi connectivity index (χ1v) is 4.72. The van der Waals surface area contributed by atoms with Crippen molar-refractivity contribution < 1.29 is 17.9 Å². The van der Waals surface area contributed by atoms with Crippen LogP contribution >= 0.6 is 0 Å². The second kappa shape index (κ2) is 5.12. The van der Waals surface area contributed by atoms with Gasteiger partial charge in [0, 0.05) is 0 Å². The molecule has 0 bridgehead atoms. The fourth-order valence-electron chi connectivity index (χ4n) is 0.583. The molecule has 0 saturated heterocycles. The van der Waals surface area contributed by atoms with E-state index in [2.05, 4.69) is 4.74 Å². The molecular weight excluding hydrogens is 168 g/mol. The molecule has 5 heteroatoms. The van der Waals surface area contributed by atoms with Crippen molar-refractivity contribution in [3.63, 3.8) is 0 Å². The second-order valence-electron chi connectivity index (χ2n) is 2.17. The molecular formula is C6H12O4S. The summed E-state index contributed by atoms with van der Waals surface area (Å²) < 4.78 is 24.9. The largest absolute Gasteiger partial charge is 0.466 e. The predicted molar refractivity (Wildman–Crippen MR) is 41.0 cm³/mol. The van der Waals surface area contributed by atoms with E-state index in [0.29, 0.717) is 6.61 Å². The molecule has 0 rings (SSSR count). The van der Waals surface area contributed by atoms with Crippen LogP contribution in [0.4, 0.5) is 0 Å². The summed E-state index contributed by atoms with van der Waals surface area (Å²) in [6.07, 6.45) is 0. The Balaban J connectivity index is 3.82. The van der Waals surface area contributed by atoms with Crippen molar-refractivity contribution in [2.75, 3.05) is 12.4 Å². The molecule has 0 aromatic rings. The summed E-state index contributed by atoms with van der Waals surface area (Å²) in [6, 6.07) is 0. The minimum Gasteiger partial charge on any atom is -0.466 e. The molecule has 1 atom stereocenters. The van der Waals surface area contributed by atoms with Crippen LogP contribution in [0.15, 0.2) is 0 Å². The van der Waals surface area contributed by atoms with Gasteiger partial charge in [-0.05, 0) is 6.92 Å². The van der Waals surface area contributed by atoms with Crippen molar-refractivity contribution in [2.45, 2.75) is 13.8 Å². The average Bonchev–Trinajstić information content (AvgIpc) is 1.86. The Kier molecular flexibility index (Phi) is 4.85. The van der Waals surface area contributed by atoms with Gasteiger partial charge in [-0.15, -0.1) is 0 Å². The third-order valence-electron chi connectivity index (χ3n) is 1.11. The lowest BCUT2D eigenvalue weighted by Gasteiger charge is -2.05. The lowest BCUT2D eigenvalue weighted by molar-refractivity contribution is -0.146. The van der Waals surface area contributed by atoms with Gasteiger partial charge in [-0.25, -0.2) is 8.42 Å². The molecule has 66 valence electrons. The highest BCUT2D eigenvalue weighted by Crippen LogP contribution is 1.97. The summed E-state index contributed by atoms with van der Waals surface area (Å²) in [5.74, 6) is -1.13. The van der Waals surface area contributed by atoms with Gasteiger partial charge in [-0.1, -0.05) is 6.92 Å². The molecule has 0 N–H and O–H groups in total. The van der Waals surface area contributed by atoms with Gasteiger partial charge in [0.1, 0.15) is 10.7 Å². The lowest BCUT2D eigenvalue weighted by Crippen LogP contribution is -2.18. The van der Waals surface area contributed by atoms with Gasteiger partial charge in [0.2, 0.25) is 0 Å². The van der Waals surface area contributed by atoms with Crippen molar-refractivity contribution in [3.05, 3.63) is 0 Å². The van der Waals surface area contributed by atoms with Crippen molar-refractivity contribution in [3.8, 4) is 0 Å². The maximum absolute atomic E-state index is 10.8. The monoisotopic (exact) mass is 180 g/mol. The van der Waals surface area contributed by atoms with E-state index in [1.54, 1.807) is 6.92 Å². The summed E-state index contributed by atoms with van der Waals surface area (Å²) in [4.78, 5) is 10.8. The van der Waals surface area contributed by atoms with Crippen LogP contribution in [0, 0.1) is 5.92 Å². The molecule has 0 aromatic carbocycles. The van der Waals surface area contributed by atoms with Gasteiger partial charge in [0.15, 0.2) is 0 Å². The second-order valence-corrected chi connectivity index (χ2v) is 3.20. The molecule has 0 aliphatic rings. The average molecular weight is 180 g/mol. The van der Waals surface area contributed by atoms with Crippen molar-refractivity contribution >= 4 is 16.7 Å². The van der Waals surface area contributed by atoms with E-state index in [9.17, 15) is 13.2 Å². The van der Waals surface area contributed by atoms with Crippen molar-refractivity contribution in [1.82, 2.24) is 0 Å². The number of hydrogen-bond acceptors (Lipinski definition) is 4. The lowest BCUT2D eigenvalue weighted by atomic mass is 10.2. The van der Waals surface area contributed by atoms with Gasteiger partial charge >= 0.3 is 5.97 Å². The molecule has 4 nitrogen and oxygen atoms in total. The van der Waals surface area contributed by atoms with Gasteiger partial charge in [-0.2, -0.15) is 0 Å². The Morgan fingerprint density at radius 3 is 2.45 bits per heavy atom. The van der Waals surface area contributed by atoms with Crippen LogP contribution in [0.5, 0.6) is 0 Å². The molecule has 0 amide bonds. The molecule has 1 unspecified atom stereocenters. The Morgan fingerprint density at radius 1 is 1.55 bits per heavy atom. The van der Waals surface area contributed by atoms with E-state index >= 15 is 0 Å². The number of thiol groups is 1. The van der Waals surface area contributed by atoms with E-state index in [-0.39, 0.29) is 5.75 Å². The molecule has 0 aromatic heterocycles. The molecule has 0 fully saturated rings. The highest BCUT2D eigenvalue weighted by atomic mass is 32.2. The molecule has 0 radical (unpaired) electrons. The van der Waals surface area contributed by atoms with Crippen molar-refractivity contribution in [1.29, 1.82) is 0 Å². The SMILES string of the molecule is CCOC(=O)C(C)C[SH](=O)=O. The number of esters is 1. The van der Waals surface area contributed by atoms with Crippen LogP contribution in [0.2, 0.25) is 0 Å². The standard InChI is InChI=1S/C6H12O4S/c1-3-10-6(7)5(2)4-11(8)9/h5,11H,3-4H2,1-2H3. The summed E-state index contributed by atoms with van der Waals surface area (Å²) in [6.45, 7) is 3.50. The van der Waals surface area contributed by atoms with E-state index in [0.717, 1.165) is 0 Å². The first-order chi connectivity index (χ1) is 5.07. The third-order valence-corrected chi connectivity index (χ3v) is 1.96. The fraction of sp³-hybridized carbons (Fsp3) is 0.833. The van der Waals surface area contributed by atoms with Crippen LogP contribution in [-0.2, 0) is 20.2 Å². The maximum atomic E-state index is 10.8. The van der Waals surface area contributed by atoms with Crippen LogP contribution < -0.4 is 0 Å². The summed E-state index contributed by atoms with van der Waals surface area (Å²) in [7, 11) is -2.48.